The number of urea groups is 1. The van der Waals surface area contributed by atoms with E-state index in [1.165, 1.54) is 29.3 Å². The van der Waals surface area contributed by atoms with Crippen LogP contribution in [0.25, 0.3) is 0 Å². The molecule has 0 saturated carbocycles. The molecule has 2 aliphatic rings. The first-order chi connectivity index (χ1) is 14.2. The number of nitro groups is 1. The lowest BCUT2D eigenvalue weighted by Gasteiger charge is -2.23. The molecule has 1 atom stereocenters. The number of amides is 3. The van der Waals surface area contributed by atoms with E-state index in [0.29, 0.717) is 11.1 Å². The van der Waals surface area contributed by atoms with E-state index in [1.807, 2.05) is 18.2 Å². The summed E-state index contributed by atoms with van der Waals surface area (Å²) in [4.78, 5) is 49.8. The van der Waals surface area contributed by atoms with E-state index in [1.54, 1.807) is 13.8 Å². The third-order valence-electron chi connectivity index (χ3n) is 5.98. The van der Waals surface area contributed by atoms with Crippen molar-refractivity contribution in [2.45, 2.75) is 38.6 Å². The van der Waals surface area contributed by atoms with Gasteiger partial charge >= 0.3 is 6.03 Å². The molecule has 0 unspecified atom stereocenters. The zero-order chi connectivity index (χ0) is 21.6. The third kappa shape index (κ3) is 3.14. The van der Waals surface area contributed by atoms with Gasteiger partial charge in [-0.2, -0.15) is 0 Å². The fourth-order valence-electron chi connectivity index (χ4n) is 4.13. The average Bonchev–Trinajstić information content (AvgIpc) is 3.26. The van der Waals surface area contributed by atoms with Gasteiger partial charge in [0.25, 0.3) is 11.6 Å². The first kappa shape index (κ1) is 19.8. The summed E-state index contributed by atoms with van der Waals surface area (Å²) in [5.41, 5.74) is 2.19. The first-order valence-corrected chi connectivity index (χ1v) is 9.75. The second kappa shape index (κ2) is 7.05. The van der Waals surface area contributed by atoms with Crippen molar-refractivity contribution >= 4 is 23.4 Å². The van der Waals surface area contributed by atoms with Crippen molar-refractivity contribution in [1.82, 2.24) is 10.2 Å². The Balaban J connectivity index is 1.58. The topological polar surface area (TPSA) is 110 Å². The van der Waals surface area contributed by atoms with E-state index in [-0.39, 0.29) is 11.3 Å². The maximum Gasteiger partial charge on any atom is 0.325 e. The van der Waals surface area contributed by atoms with Gasteiger partial charge in [-0.15, -0.1) is 0 Å². The minimum atomic E-state index is -1.26. The Morgan fingerprint density at radius 3 is 2.63 bits per heavy atom. The van der Waals surface area contributed by atoms with E-state index >= 15 is 0 Å². The zero-order valence-corrected chi connectivity index (χ0v) is 16.7. The lowest BCUT2D eigenvalue weighted by Crippen LogP contribution is -2.41. The number of aryl methyl sites for hydroxylation is 3. The fraction of sp³-hybridized carbons (Fsp3) is 0.318. The van der Waals surface area contributed by atoms with Gasteiger partial charge < -0.3 is 5.32 Å². The third-order valence-corrected chi connectivity index (χ3v) is 5.98. The molecule has 0 spiro atoms. The van der Waals surface area contributed by atoms with Gasteiger partial charge in [0, 0.05) is 17.2 Å². The molecule has 1 fully saturated rings. The molecule has 8 nitrogen and oxygen atoms in total. The van der Waals surface area contributed by atoms with E-state index in [2.05, 4.69) is 5.32 Å². The number of hydrogen-bond acceptors (Lipinski definition) is 5. The van der Waals surface area contributed by atoms with Gasteiger partial charge in [0.2, 0.25) is 0 Å². The minimum absolute atomic E-state index is 0.0824. The quantitative estimate of drug-likeness (QED) is 0.355. The van der Waals surface area contributed by atoms with Gasteiger partial charge in [-0.1, -0.05) is 30.3 Å². The number of nitrogens with one attached hydrogen (secondary N) is 1. The molecule has 30 heavy (non-hydrogen) atoms. The molecule has 3 amide bonds. The van der Waals surface area contributed by atoms with Crippen LogP contribution in [0.5, 0.6) is 0 Å². The lowest BCUT2D eigenvalue weighted by molar-refractivity contribution is -0.385. The Labute approximate surface area is 173 Å². The highest BCUT2D eigenvalue weighted by Gasteiger charge is 2.49. The van der Waals surface area contributed by atoms with Crippen molar-refractivity contribution < 1.29 is 19.3 Å². The molecule has 1 N–H and O–H groups in total. The van der Waals surface area contributed by atoms with E-state index < -0.39 is 34.7 Å². The average molecular weight is 407 g/mol. The summed E-state index contributed by atoms with van der Waals surface area (Å²) in [7, 11) is 0. The Hall–Kier alpha value is -3.55. The van der Waals surface area contributed by atoms with Gasteiger partial charge in [0.15, 0.2) is 5.78 Å². The number of hydrogen-bond donors (Lipinski definition) is 1. The van der Waals surface area contributed by atoms with Crippen molar-refractivity contribution in [3.63, 3.8) is 0 Å². The Bertz CT molecular complexity index is 1110. The van der Waals surface area contributed by atoms with Gasteiger partial charge in [-0.25, -0.2) is 4.79 Å². The smallest absolute Gasteiger partial charge is 0.319 e. The number of ketones is 1. The van der Waals surface area contributed by atoms with Crippen LogP contribution in [0.15, 0.2) is 36.4 Å². The van der Waals surface area contributed by atoms with Crippen LogP contribution < -0.4 is 5.32 Å². The number of Topliss-reactive ketones (excluding diaryl/α,β-unsaturated/α-hetero) is 1. The molecule has 0 radical (unpaired) electrons. The van der Waals surface area contributed by atoms with Crippen molar-refractivity contribution in [2.24, 2.45) is 0 Å². The second-order valence-electron chi connectivity index (χ2n) is 7.97. The number of carbonyl (C=O) groups is 3. The molecule has 2 aromatic rings. The molecular weight excluding hydrogens is 386 g/mol. The molecule has 2 aromatic carbocycles. The van der Waals surface area contributed by atoms with Crippen molar-refractivity contribution in [2.75, 3.05) is 6.54 Å². The summed E-state index contributed by atoms with van der Waals surface area (Å²) >= 11 is 0. The molecule has 0 aromatic heterocycles. The van der Waals surface area contributed by atoms with E-state index in [4.69, 9.17) is 0 Å². The monoisotopic (exact) mass is 407 g/mol. The Morgan fingerprint density at radius 1 is 1.17 bits per heavy atom. The summed E-state index contributed by atoms with van der Waals surface area (Å²) in [6.45, 7) is 2.72. The van der Waals surface area contributed by atoms with Crippen molar-refractivity contribution in [3.05, 3.63) is 74.3 Å². The summed E-state index contributed by atoms with van der Waals surface area (Å²) < 4.78 is 0. The number of fused-ring (bicyclic) bond motifs is 1. The Morgan fingerprint density at radius 2 is 1.90 bits per heavy atom. The summed E-state index contributed by atoms with van der Waals surface area (Å²) in [6.07, 6.45) is 3.02. The number of rotatable bonds is 5. The van der Waals surface area contributed by atoms with Crippen LogP contribution in [0.3, 0.4) is 0 Å². The predicted octanol–water partition coefficient (Wildman–Crippen LogP) is 3.04. The molecule has 0 bridgehead atoms. The number of carbonyl (C=O) groups excluding carboxylic acids is 3. The highest BCUT2D eigenvalue weighted by atomic mass is 16.6. The van der Waals surface area contributed by atoms with E-state index in [9.17, 15) is 24.5 Å². The van der Waals surface area contributed by atoms with E-state index in [0.717, 1.165) is 24.2 Å². The second-order valence-corrected chi connectivity index (χ2v) is 7.97. The molecular formula is C22H21N3O5. The van der Waals surface area contributed by atoms with Crippen LogP contribution in [0.2, 0.25) is 0 Å². The molecule has 1 saturated heterocycles. The van der Waals surface area contributed by atoms with Gasteiger partial charge in [0.05, 0.1) is 11.5 Å². The fourth-order valence-corrected chi connectivity index (χ4v) is 4.13. The van der Waals surface area contributed by atoms with Crippen LogP contribution in [0.1, 0.15) is 46.0 Å². The lowest BCUT2D eigenvalue weighted by atomic mass is 9.89. The highest BCUT2D eigenvalue weighted by Crippen LogP contribution is 2.32. The summed E-state index contributed by atoms with van der Waals surface area (Å²) in [5.74, 6) is -1.06. The van der Waals surface area contributed by atoms with Gasteiger partial charge in [0.1, 0.15) is 5.54 Å². The summed E-state index contributed by atoms with van der Waals surface area (Å²) in [6, 6.07) is 9.25. The van der Waals surface area contributed by atoms with Gasteiger partial charge in [-0.3, -0.25) is 24.6 Å². The maximum absolute atomic E-state index is 13.1. The van der Waals surface area contributed by atoms with Crippen LogP contribution in [0, 0.1) is 17.0 Å². The normalized spacial score (nSPS) is 20.3. The van der Waals surface area contributed by atoms with Crippen molar-refractivity contribution in [1.29, 1.82) is 0 Å². The Kier molecular flexibility index (Phi) is 4.64. The number of imide groups is 1. The molecule has 1 heterocycles. The predicted molar refractivity (Wildman–Crippen MR) is 108 cm³/mol. The number of nitro benzene ring substituents is 1. The maximum atomic E-state index is 13.1. The number of benzene rings is 2. The summed E-state index contributed by atoms with van der Waals surface area (Å²) in [5, 5.41) is 13.8. The molecule has 8 heteroatoms. The first-order valence-electron chi connectivity index (χ1n) is 9.75. The van der Waals surface area contributed by atoms with Crippen molar-refractivity contribution in [3.8, 4) is 0 Å². The van der Waals surface area contributed by atoms with Crippen LogP contribution >= 0.6 is 0 Å². The SMILES string of the molecule is Cc1ccc(C(=O)CN2C(=O)N[C@](C)(c3ccc4c(c3)CCC4)C2=O)cc1[N+](=O)[O-]. The van der Waals surface area contributed by atoms with Crippen LogP contribution in [-0.4, -0.2) is 34.1 Å². The minimum Gasteiger partial charge on any atom is -0.319 e. The zero-order valence-electron chi connectivity index (χ0n) is 16.7. The van der Waals surface area contributed by atoms with Crippen LogP contribution in [-0.2, 0) is 23.2 Å². The largest absolute Gasteiger partial charge is 0.325 e. The number of nitrogens with zero attached hydrogens (tertiary/aromatic N) is 2. The molecule has 1 aliphatic carbocycles. The molecule has 4 rings (SSSR count). The standard InChI is InChI=1S/C22H21N3O5/c1-13-6-7-16(11-18(13)25(29)30)19(26)12-24-20(27)22(2,23-21(24)28)17-9-8-14-4-3-5-15(14)10-17/h6-11H,3-5,12H2,1-2H3,(H,23,28)/t22-/m1/s1. The molecule has 1 aliphatic heterocycles. The molecule has 154 valence electrons. The van der Waals surface area contributed by atoms with Crippen LogP contribution in [0.4, 0.5) is 10.5 Å². The highest BCUT2D eigenvalue weighted by molar-refractivity contribution is 6.11. The van der Waals surface area contributed by atoms with Gasteiger partial charge in [-0.05, 0) is 49.8 Å².